The van der Waals surface area contributed by atoms with E-state index in [1.807, 2.05) is 54.6 Å². The van der Waals surface area contributed by atoms with Gasteiger partial charge >= 0.3 is 0 Å². The number of rotatable bonds is 9. The number of carbonyl (C=O) groups is 1. The summed E-state index contributed by atoms with van der Waals surface area (Å²) in [6.07, 6.45) is 2.95. The molecule has 0 saturated carbocycles. The SMILES string of the molecule is COc1cccc(CC2=NOC(C(=O)NCCC(c3ccccc3)c3ccco3)C2)c1. The number of methoxy groups -OCH3 is 1. The summed E-state index contributed by atoms with van der Waals surface area (Å²) >= 11 is 0. The first kappa shape index (κ1) is 20.7. The number of carbonyl (C=O) groups excluding carboxylic acids is 1. The minimum Gasteiger partial charge on any atom is -0.497 e. The van der Waals surface area contributed by atoms with Crippen LogP contribution in [-0.4, -0.2) is 31.4 Å². The molecule has 0 saturated heterocycles. The molecule has 1 aliphatic rings. The molecule has 0 aliphatic carbocycles. The third-order valence-corrected chi connectivity index (χ3v) is 5.39. The molecule has 1 aliphatic heterocycles. The second kappa shape index (κ2) is 9.98. The van der Waals surface area contributed by atoms with Gasteiger partial charge in [0.2, 0.25) is 6.10 Å². The normalized spacial score (nSPS) is 16.3. The number of hydrogen-bond donors (Lipinski definition) is 1. The highest BCUT2D eigenvalue weighted by atomic mass is 16.6. The van der Waals surface area contributed by atoms with E-state index in [2.05, 4.69) is 22.6 Å². The molecule has 4 rings (SSSR count). The smallest absolute Gasteiger partial charge is 0.264 e. The van der Waals surface area contributed by atoms with E-state index in [4.69, 9.17) is 14.0 Å². The van der Waals surface area contributed by atoms with E-state index < -0.39 is 6.10 Å². The monoisotopic (exact) mass is 418 g/mol. The van der Waals surface area contributed by atoms with Crippen LogP contribution in [0, 0.1) is 0 Å². The highest BCUT2D eigenvalue weighted by Gasteiger charge is 2.28. The van der Waals surface area contributed by atoms with Crippen molar-refractivity contribution in [1.82, 2.24) is 5.32 Å². The molecule has 0 fully saturated rings. The van der Waals surface area contributed by atoms with Gasteiger partial charge in [0.15, 0.2) is 0 Å². The fraction of sp³-hybridized carbons (Fsp3) is 0.280. The first-order chi connectivity index (χ1) is 15.2. The number of benzene rings is 2. The van der Waals surface area contributed by atoms with E-state index in [0.29, 0.717) is 19.4 Å². The average molecular weight is 418 g/mol. The Bertz CT molecular complexity index is 1020. The number of amides is 1. The zero-order valence-corrected chi connectivity index (χ0v) is 17.5. The molecule has 2 heterocycles. The van der Waals surface area contributed by atoms with Crippen LogP contribution in [0.3, 0.4) is 0 Å². The molecule has 2 aromatic carbocycles. The standard InChI is InChI=1S/C25H26N2O4/c1-29-21-10-5-7-18(16-21)15-20-17-24(31-27-20)25(28)26-13-12-22(23-11-6-14-30-23)19-8-3-2-4-9-19/h2-11,14,16,22,24H,12-13,15,17H2,1H3,(H,26,28). The lowest BCUT2D eigenvalue weighted by molar-refractivity contribution is -0.131. The Labute approximate surface area is 181 Å². The summed E-state index contributed by atoms with van der Waals surface area (Å²) in [6.45, 7) is 0.518. The number of ether oxygens (including phenoxy) is 1. The van der Waals surface area contributed by atoms with E-state index in [9.17, 15) is 4.79 Å². The van der Waals surface area contributed by atoms with E-state index in [1.54, 1.807) is 13.4 Å². The second-order valence-electron chi connectivity index (χ2n) is 7.54. The molecule has 6 nitrogen and oxygen atoms in total. The highest BCUT2D eigenvalue weighted by Crippen LogP contribution is 2.28. The van der Waals surface area contributed by atoms with Crippen molar-refractivity contribution >= 4 is 11.6 Å². The van der Waals surface area contributed by atoms with Gasteiger partial charge in [-0.1, -0.05) is 47.6 Å². The Kier molecular flexibility index (Phi) is 6.67. The molecule has 0 bridgehead atoms. The van der Waals surface area contributed by atoms with Gasteiger partial charge in [-0.2, -0.15) is 0 Å². The number of nitrogens with one attached hydrogen (secondary N) is 1. The molecule has 31 heavy (non-hydrogen) atoms. The first-order valence-electron chi connectivity index (χ1n) is 10.4. The second-order valence-corrected chi connectivity index (χ2v) is 7.54. The van der Waals surface area contributed by atoms with Gasteiger partial charge in [0.05, 0.1) is 19.1 Å². The summed E-state index contributed by atoms with van der Waals surface area (Å²) in [7, 11) is 1.64. The number of furan rings is 1. The van der Waals surface area contributed by atoms with Crippen molar-refractivity contribution < 1.29 is 18.8 Å². The summed E-state index contributed by atoms with van der Waals surface area (Å²) < 4.78 is 10.9. The highest BCUT2D eigenvalue weighted by molar-refractivity contribution is 5.93. The number of nitrogens with zero attached hydrogens (tertiary/aromatic N) is 1. The van der Waals surface area contributed by atoms with Crippen molar-refractivity contribution in [2.24, 2.45) is 5.16 Å². The lowest BCUT2D eigenvalue weighted by Crippen LogP contribution is -2.35. The Morgan fingerprint density at radius 3 is 2.81 bits per heavy atom. The molecule has 3 aromatic rings. The molecule has 1 amide bonds. The third-order valence-electron chi connectivity index (χ3n) is 5.39. The van der Waals surface area contributed by atoms with Crippen LogP contribution in [-0.2, 0) is 16.1 Å². The predicted molar refractivity (Wildman–Crippen MR) is 118 cm³/mol. The van der Waals surface area contributed by atoms with Gasteiger partial charge < -0.3 is 19.3 Å². The number of hydrogen-bond acceptors (Lipinski definition) is 5. The maximum Gasteiger partial charge on any atom is 0.264 e. The Balaban J connectivity index is 1.28. The molecule has 6 heteroatoms. The third kappa shape index (κ3) is 5.34. The van der Waals surface area contributed by atoms with Gasteiger partial charge in [-0.15, -0.1) is 0 Å². The minimum absolute atomic E-state index is 0.0841. The van der Waals surface area contributed by atoms with Crippen LogP contribution in [0.5, 0.6) is 5.75 Å². The summed E-state index contributed by atoms with van der Waals surface area (Å²) in [5, 5.41) is 7.11. The molecule has 1 N–H and O–H groups in total. The van der Waals surface area contributed by atoms with Gasteiger partial charge in [-0.25, -0.2) is 0 Å². The van der Waals surface area contributed by atoms with Crippen LogP contribution in [0.1, 0.15) is 35.6 Å². The van der Waals surface area contributed by atoms with Gasteiger partial charge in [0, 0.05) is 25.3 Å². The Hall–Kier alpha value is -3.54. The lowest BCUT2D eigenvalue weighted by Gasteiger charge is -2.16. The van der Waals surface area contributed by atoms with Crippen LogP contribution in [0.15, 0.2) is 82.6 Å². The van der Waals surface area contributed by atoms with Crippen LogP contribution < -0.4 is 10.1 Å². The van der Waals surface area contributed by atoms with E-state index in [0.717, 1.165) is 34.8 Å². The van der Waals surface area contributed by atoms with Gasteiger partial charge in [-0.3, -0.25) is 4.79 Å². The fourth-order valence-electron chi connectivity index (χ4n) is 3.79. The summed E-state index contributed by atoms with van der Waals surface area (Å²) in [6, 6.07) is 21.8. The minimum atomic E-state index is -0.584. The molecular weight excluding hydrogens is 392 g/mol. The topological polar surface area (TPSA) is 73.1 Å². The summed E-state index contributed by atoms with van der Waals surface area (Å²) in [5.41, 5.74) is 3.09. The van der Waals surface area contributed by atoms with Crippen LogP contribution in [0.4, 0.5) is 0 Å². The fourth-order valence-corrected chi connectivity index (χ4v) is 3.79. The molecule has 2 unspecified atom stereocenters. The van der Waals surface area contributed by atoms with Crippen LogP contribution in [0.2, 0.25) is 0 Å². The zero-order chi connectivity index (χ0) is 21.5. The number of oxime groups is 1. The largest absolute Gasteiger partial charge is 0.497 e. The van der Waals surface area contributed by atoms with Crippen molar-refractivity contribution in [1.29, 1.82) is 0 Å². The average Bonchev–Trinajstić information content (AvgIpc) is 3.50. The Morgan fingerprint density at radius 1 is 1.16 bits per heavy atom. The van der Waals surface area contributed by atoms with Crippen molar-refractivity contribution in [3.05, 3.63) is 89.9 Å². The first-order valence-corrected chi connectivity index (χ1v) is 10.4. The Morgan fingerprint density at radius 2 is 2.03 bits per heavy atom. The van der Waals surface area contributed by atoms with Crippen LogP contribution in [0.25, 0.3) is 0 Å². The predicted octanol–water partition coefficient (Wildman–Crippen LogP) is 4.31. The van der Waals surface area contributed by atoms with Gasteiger partial charge in [0.25, 0.3) is 5.91 Å². The van der Waals surface area contributed by atoms with Gasteiger partial charge in [0.1, 0.15) is 11.5 Å². The van der Waals surface area contributed by atoms with E-state index in [1.165, 1.54) is 0 Å². The molecule has 0 radical (unpaired) electrons. The molecule has 160 valence electrons. The van der Waals surface area contributed by atoms with E-state index in [-0.39, 0.29) is 11.8 Å². The quantitative estimate of drug-likeness (QED) is 0.562. The molecule has 1 aromatic heterocycles. The van der Waals surface area contributed by atoms with Crippen molar-refractivity contribution in [2.45, 2.75) is 31.3 Å². The van der Waals surface area contributed by atoms with Crippen molar-refractivity contribution in [3.63, 3.8) is 0 Å². The van der Waals surface area contributed by atoms with Crippen molar-refractivity contribution in [3.8, 4) is 5.75 Å². The molecular formula is C25H26N2O4. The van der Waals surface area contributed by atoms with Gasteiger partial charge in [-0.05, 0) is 41.8 Å². The maximum absolute atomic E-state index is 12.6. The zero-order valence-electron chi connectivity index (χ0n) is 17.5. The van der Waals surface area contributed by atoms with E-state index >= 15 is 0 Å². The maximum atomic E-state index is 12.6. The van der Waals surface area contributed by atoms with Crippen LogP contribution >= 0.6 is 0 Å². The van der Waals surface area contributed by atoms with Crippen molar-refractivity contribution in [2.75, 3.05) is 13.7 Å². The summed E-state index contributed by atoms with van der Waals surface area (Å²) in [4.78, 5) is 18.0. The lowest BCUT2D eigenvalue weighted by atomic mass is 9.93. The summed E-state index contributed by atoms with van der Waals surface area (Å²) in [5.74, 6) is 1.63. The molecule has 2 atom stereocenters. The molecule has 0 spiro atoms.